The van der Waals surface area contributed by atoms with Crippen molar-refractivity contribution in [2.24, 2.45) is 0 Å². The number of carbonyl (C=O) groups is 1. The molecular formula is C23H21N3O2S2. The molecule has 0 aliphatic heterocycles. The van der Waals surface area contributed by atoms with Gasteiger partial charge in [-0.1, -0.05) is 47.7 Å². The van der Waals surface area contributed by atoms with E-state index in [4.69, 9.17) is 4.98 Å². The molecule has 0 saturated heterocycles. The summed E-state index contributed by atoms with van der Waals surface area (Å²) in [6.07, 6.45) is 0. The maximum atomic E-state index is 13.3. The average molecular weight is 436 g/mol. The zero-order valence-electron chi connectivity index (χ0n) is 17.0. The smallest absolute Gasteiger partial charge is 0.276 e. The maximum absolute atomic E-state index is 13.3. The number of hydrogen-bond donors (Lipinski definition) is 0. The fourth-order valence-electron chi connectivity index (χ4n) is 3.28. The molecule has 30 heavy (non-hydrogen) atoms. The van der Waals surface area contributed by atoms with Crippen molar-refractivity contribution in [2.45, 2.75) is 19.0 Å². The number of fused-ring (bicyclic) bond motifs is 1. The van der Waals surface area contributed by atoms with Gasteiger partial charge in [0, 0.05) is 12.7 Å². The van der Waals surface area contributed by atoms with E-state index in [2.05, 4.69) is 0 Å². The van der Waals surface area contributed by atoms with Gasteiger partial charge >= 0.3 is 0 Å². The first kappa shape index (κ1) is 20.4. The third-order valence-electron chi connectivity index (χ3n) is 4.88. The fraction of sp³-hybridized carbons (Fsp3) is 0.174. The Hall–Kier alpha value is -2.90. The summed E-state index contributed by atoms with van der Waals surface area (Å²) in [6, 6.07) is 17.3. The first-order chi connectivity index (χ1) is 14.5. The topological polar surface area (TPSA) is 55.2 Å². The lowest BCUT2D eigenvalue weighted by atomic mass is 10.1. The van der Waals surface area contributed by atoms with Crippen LogP contribution in [0.25, 0.3) is 15.9 Å². The molecule has 4 rings (SSSR count). The molecule has 0 N–H and O–H groups in total. The Bertz CT molecular complexity index is 1280. The van der Waals surface area contributed by atoms with Gasteiger partial charge in [0.1, 0.15) is 4.70 Å². The van der Waals surface area contributed by atoms with Crippen LogP contribution in [0.2, 0.25) is 0 Å². The molecule has 0 saturated carbocycles. The second kappa shape index (κ2) is 8.45. The number of para-hydroxylation sites is 1. The van der Waals surface area contributed by atoms with E-state index in [-0.39, 0.29) is 17.2 Å². The molecule has 0 radical (unpaired) electrons. The van der Waals surface area contributed by atoms with Crippen molar-refractivity contribution in [3.05, 3.63) is 81.5 Å². The molecule has 0 aliphatic carbocycles. The molecule has 152 valence electrons. The number of anilines is 1. The zero-order valence-corrected chi connectivity index (χ0v) is 18.6. The zero-order chi connectivity index (χ0) is 21.3. The second-order valence-electron chi connectivity index (χ2n) is 7.04. The van der Waals surface area contributed by atoms with Gasteiger partial charge in [-0.05, 0) is 49.1 Å². The van der Waals surface area contributed by atoms with E-state index in [1.54, 1.807) is 16.5 Å². The summed E-state index contributed by atoms with van der Waals surface area (Å²) in [5.41, 5.74) is 4.30. The number of nitrogens with zero attached hydrogens (tertiary/aromatic N) is 3. The van der Waals surface area contributed by atoms with E-state index in [9.17, 15) is 9.59 Å². The molecule has 2 aromatic carbocycles. The summed E-state index contributed by atoms with van der Waals surface area (Å²) in [4.78, 5) is 32.4. The summed E-state index contributed by atoms with van der Waals surface area (Å²) < 4.78 is 2.25. The summed E-state index contributed by atoms with van der Waals surface area (Å²) in [7, 11) is 1.75. The molecule has 0 fully saturated rings. The number of amides is 1. The minimum atomic E-state index is -0.103. The highest BCUT2D eigenvalue weighted by Gasteiger charge is 2.18. The molecular weight excluding hydrogens is 414 g/mol. The molecule has 0 bridgehead atoms. The molecule has 0 atom stereocenters. The molecule has 0 unspecified atom stereocenters. The fourth-order valence-corrected chi connectivity index (χ4v) is 4.96. The number of thiophene rings is 1. The summed E-state index contributed by atoms with van der Waals surface area (Å²) in [6.45, 7) is 4.00. The van der Waals surface area contributed by atoms with Crippen molar-refractivity contribution in [1.29, 1.82) is 0 Å². The van der Waals surface area contributed by atoms with Crippen LogP contribution in [0, 0.1) is 13.8 Å². The van der Waals surface area contributed by atoms with Crippen molar-refractivity contribution in [2.75, 3.05) is 17.7 Å². The lowest BCUT2D eigenvalue weighted by Gasteiger charge is -2.18. The van der Waals surface area contributed by atoms with Crippen LogP contribution in [-0.2, 0) is 4.79 Å². The Kier molecular flexibility index (Phi) is 5.74. The van der Waals surface area contributed by atoms with E-state index < -0.39 is 0 Å². The van der Waals surface area contributed by atoms with Gasteiger partial charge < -0.3 is 4.90 Å². The molecule has 0 aliphatic rings. The Labute approximate surface area is 183 Å². The predicted octanol–water partition coefficient (Wildman–Crippen LogP) is 4.82. The van der Waals surface area contributed by atoms with Crippen molar-refractivity contribution in [3.63, 3.8) is 0 Å². The SMILES string of the molecule is Cc1ccc(-n2c(SCC(=O)N(C)c3ccccc3)nc3ccsc3c2=O)c(C)c1. The number of rotatable bonds is 5. The van der Waals surface area contributed by atoms with Gasteiger partial charge in [0.25, 0.3) is 5.56 Å². The van der Waals surface area contributed by atoms with Crippen LogP contribution < -0.4 is 10.5 Å². The minimum Gasteiger partial charge on any atom is -0.315 e. The lowest BCUT2D eigenvalue weighted by molar-refractivity contribution is -0.115. The molecule has 2 aromatic heterocycles. The normalized spacial score (nSPS) is 11.0. The summed E-state index contributed by atoms with van der Waals surface area (Å²) in [5.74, 6) is 0.122. The van der Waals surface area contributed by atoms with E-state index in [0.717, 1.165) is 22.5 Å². The van der Waals surface area contributed by atoms with E-state index in [1.165, 1.54) is 23.1 Å². The molecule has 5 nitrogen and oxygen atoms in total. The van der Waals surface area contributed by atoms with Crippen LogP contribution in [0.15, 0.2) is 69.9 Å². The van der Waals surface area contributed by atoms with Crippen molar-refractivity contribution in [1.82, 2.24) is 9.55 Å². The number of aryl methyl sites for hydroxylation is 2. The van der Waals surface area contributed by atoms with Gasteiger partial charge in [0.2, 0.25) is 5.91 Å². The summed E-state index contributed by atoms with van der Waals surface area (Å²) >= 11 is 2.67. The lowest BCUT2D eigenvalue weighted by Crippen LogP contribution is -2.28. The monoisotopic (exact) mass is 435 g/mol. The van der Waals surface area contributed by atoms with Gasteiger partial charge in [-0.15, -0.1) is 11.3 Å². The van der Waals surface area contributed by atoms with E-state index >= 15 is 0 Å². The van der Waals surface area contributed by atoms with Crippen LogP contribution >= 0.6 is 23.1 Å². The third kappa shape index (κ3) is 3.91. The third-order valence-corrected chi connectivity index (χ3v) is 6.70. The van der Waals surface area contributed by atoms with Gasteiger partial charge in [0.05, 0.1) is 17.0 Å². The molecule has 2 heterocycles. The Morgan fingerprint density at radius 3 is 2.63 bits per heavy atom. The van der Waals surface area contributed by atoms with Gasteiger partial charge in [-0.3, -0.25) is 14.2 Å². The molecule has 7 heteroatoms. The van der Waals surface area contributed by atoms with Gasteiger partial charge in [0.15, 0.2) is 5.16 Å². The van der Waals surface area contributed by atoms with E-state index in [0.29, 0.717) is 15.4 Å². The molecule has 4 aromatic rings. The number of aromatic nitrogens is 2. The van der Waals surface area contributed by atoms with E-state index in [1.807, 2.05) is 73.8 Å². The summed E-state index contributed by atoms with van der Waals surface area (Å²) in [5, 5.41) is 2.39. The van der Waals surface area contributed by atoms with Crippen LogP contribution in [0.4, 0.5) is 5.69 Å². The first-order valence-electron chi connectivity index (χ1n) is 9.48. The van der Waals surface area contributed by atoms with Gasteiger partial charge in [-0.25, -0.2) is 4.98 Å². The minimum absolute atomic E-state index is 0.0574. The van der Waals surface area contributed by atoms with Crippen molar-refractivity contribution in [3.8, 4) is 5.69 Å². The van der Waals surface area contributed by atoms with Crippen LogP contribution in [-0.4, -0.2) is 28.3 Å². The number of benzene rings is 2. The van der Waals surface area contributed by atoms with Gasteiger partial charge in [-0.2, -0.15) is 0 Å². The number of hydrogen-bond acceptors (Lipinski definition) is 5. The number of carbonyl (C=O) groups excluding carboxylic acids is 1. The molecule has 0 spiro atoms. The molecule has 1 amide bonds. The Morgan fingerprint density at radius 1 is 1.13 bits per heavy atom. The largest absolute Gasteiger partial charge is 0.315 e. The van der Waals surface area contributed by atoms with Crippen LogP contribution in [0.3, 0.4) is 0 Å². The van der Waals surface area contributed by atoms with Crippen molar-refractivity contribution < 1.29 is 4.79 Å². The maximum Gasteiger partial charge on any atom is 0.276 e. The Balaban J connectivity index is 1.71. The Morgan fingerprint density at radius 2 is 1.90 bits per heavy atom. The highest BCUT2D eigenvalue weighted by molar-refractivity contribution is 7.99. The second-order valence-corrected chi connectivity index (χ2v) is 8.90. The highest BCUT2D eigenvalue weighted by atomic mass is 32.2. The van der Waals surface area contributed by atoms with Crippen LogP contribution in [0.1, 0.15) is 11.1 Å². The first-order valence-corrected chi connectivity index (χ1v) is 11.3. The quantitative estimate of drug-likeness (QED) is 0.333. The van der Waals surface area contributed by atoms with Crippen molar-refractivity contribution >= 4 is 44.9 Å². The number of thioether (sulfide) groups is 1. The standard InChI is InChI=1S/C23H21N3O2S2/c1-15-9-10-19(16(2)13-15)26-22(28)21-18(11-12-29-21)24-23(26)30-14-20(27)25(3)17-7-5-4-6-8-17/h4-13H,14H2,1-3H3. The highest BCUT2D eigenvalue weighted by Crippen LogP contribution is 2.26. The van der Waals surface area contributed by atoms with Crippen LogP contribution in [0.5, 0.6) is 0 Å². The average Bonchev–Trinajstić information content (AvgIpc) is 3.22. The predicted molar refractivity (Wildman–Crippen MR) is 125 cm³/mol.